The van der Waals surface area contributed by atoms with Gasteiger partial charge in [-0.05, 0) is 19.3 Å². The summed E-state index contributed by atoms with van der Waals surface area (Å²) < 4.78 is 0. The molecule has 0 unspecified atom stereocenters. The first kappa shape index (κ1) is 11.8. The summed E-state index contributed by atoms with van der Waals surface area (Å²) >= 11 is 1.69. The molecule has 2 rings (SSSR count). The fourth-order valence-corrected chi connectivity index (χ4v) is 2.57. The fourth-order valence-electron chi connectivity index (χ4n) is 1.77. The average Bonchev–Trinajstić information content (AvgIpc) is 2.64. The molecule has 0 amide bonds. The smallest absolute Gasteiger partial charge is 0.185 e. The van der Waals surface area contributed by atoms with Crippen molar-refractivity contribution in [3.8, 4) is 0 Å². The highest BCUT2D eigenvalue weighted by Gasteiger charge is 2.33. The van der Waals surface area contributed by atoms with Crippen LogP contribution in [0.3, 0.4) is 0 Å². The molecular formula is C11H19N3OS. The largest absolute Gasteiger partial charge is 0.389 e. The lowest BCUT2D eigenvalue weighted by Gasteiger charge is -2.36. The van der Waals surface area contributed by atoms with Crippen LogP contribution in [0.1, 0.15) is 24.1 Å². The molecule has 0 aromatic carbocycles. The summed E-state index contributed by atoms with van der Waals surface area (Å²) in [4.78, 5) is 7.53. The standard InChI is InChI=1S/C11H19N3OS/c1-14(2)10-13-7-9(16-10)6-12-8-11(15)4-3-5-11/h7,12,15H,3-6,8H2,1-2H3. The first-order chi connectivity index (χ1) is 7.59. The number of anilines is 1. The van der Waals surface area contributed by atoms with Gasteiger partial charge in [0.1, 0.15) is 0 Å². The van der Waals surface area contributed by atoms with Crippen molar-refractivity contribution in [3.63, 3.8) is 0 Å². The molecule has 1 fully saturated rings. The summed E-state index contributed by atoms with van der Waals surface area (Å²) in [6.07, 6.45) is 4.93. The molecule has 2 N–H and O–H groups in total. The van der Waals surface area contributed by atoms with E-state index >= 15 is 0 Å². The third-order valence-electron chi connectivity index (χ3n) is 2.96. The predicted octanol–water partition coefficient (Wildman–Crippen LogP) is 1.21. The van der Waals surface area contributed by atoms with Crippen LogP contribution in [-0.2, 0) is 6.54 Å². The van der Waals surface area contributed by atoms with E-state index in [0.29, 0.717) is 6.54 Å². The van der Waals surface area contributed by atoms with E-state index < -0.39 is 5.60 Å². The first-order valence-corrected chi connectivity index (χ1v) is 6.46. The Morgan fingerprint density at radius 3 is 2.81 bits per heavy atom. The van der Waals surface area contributed by atoms with E-state index in [-0.39, 0.29) is 0 Å². The van der Waals surface area contributed by atoms with Crippen LogP contribution in [0.2, 0.25) is 0 Å². The van der Waals surface area contributed by atoms with Gasteiger partial charge in [-0.25, -0.2) is 4.98 Å². The van der Waals surface area contributed by atoms with Gasteiger partial charge in [0.25, 0.3) is 0 Å². The predicted molar refractivity (Wildman–Crippen MR) is 66.9 cm³/mol. The molecular weight excluding hydrogens is 222 g/mol. The Morgan fingerprint density at radius 2 is 2.31 bits per heavy atom. The van der Waals surface area contributed by atoms with Gasteiger partial charge in [0.2, 0.25) is 0 Å². The summed E-state index contributed by atoms with van der Waals surface area (Å²) in [6.45, 7) is 1.50. The van der Waals surface area contributed by atoms with E-state index in [9.17, 15) is 5.11 Å². The Kier molecular flexibility index (Phi) is 3.47. The number of thiazole rings is 1. The molecule has 0 bridgehead atoms. The molecule has 1 aromatic heterocycles. The van der Waals surface area contributed by atoms with Crippen molar-refractivity contribution < 1.29 is 5.11 Å². The van der Waals surface area contributed by atoms with Crippen molar-refractivity contribution in [1.82, 2.24) is 10.3 Å². The van der Waals surface area contributed by atoms with E-state index in [0.717, 1.165) is 30.9 Å². The zero-order valence-electron chi connectivity index (χ0n) is 9.86. The highest BCUT2D eigenvalue weighted by atomic mass is 32.1. The van der Waals surface area contributed by atoms with Crippen LogP contribution in [0.15, 0.2) is 6.20 Å². The van der Waals surface area contributed by atoms with Crippen molar-refractivity contribution in [2.24, 2.45) is 0 Å². The summed E-state index contributed by atoms with van der Waals surface area (Å²) in [5.41, 5.74) is -0.435. The second-order valence-corrected chi connectivity index (χ2v) is 5.78. The quantitative estimate of drug-likeness (QED) is 0.813. The van der Waals surface area contributed by atoms with Gasteiger partial charge >= 0.3 is 0 Å². The lowest BCUT2D eigenvalue weighted by Crippen LogP contribution is -2.45. The maximum absolute atomic E-state index is 9.90. The normalized spacial score (nSPS) is 18.2. The van der Waals surface area contributed by atoms with Crippen LogP contribution in [0.5, 0.6) is 0 Å². The molecule has 0 atom stereocenters. The molecule has 90 valence electrons. The van der Waals surface area contributed by atoms with E-state index in [1.165, 1.54) is 4.88 Å². The van der Waals surface area contributed by atoms with E-state index in [4.69, 9.17) is 0 Å². The van der Waals surface area contributed by atoms with Gasteiger partial charge in [0.05, 0.1) is 5.60 Å². The number of nitrogens with one attached hydrogen (secondary N) is 1. The minimum absolute atomic E-state index is 0.435. The molecule has 16 heavy (non-hydrogen) atoms. The van der Waals surface area contributed by atoms with Crippen LogP contribution in [0, 0.1) is 0 Å². The molecule has 5 heteroatoms. The summed E-state index contributed by atoms with van der Waals surface area (Å²) in [7, 11) is 3.99. The van der Waals surface area contributed by atoms with Crippen molar-refractivity contribution >= 4 is 16.5 Å². The van der Waals surface area contributed by atoms with Crippen LogP contribution in [0.25, 0.3) is 0 Å². The Balaban J connectivity index is 1.76. The molecule has 0 spiro atoms. The van der Waals surface area contributed by atoms with Crippen LogP contribution < -0.4 is 10.2 Å². The second-order valence-electron chi connectivity index (χ2n) is 4.69. The van der Waals surface area contributed by atoms with E-state index in [2.05, 4.69) is 10.3 Å². The molecule has 1 aliphatic rings. The number of hydrogen-bond acceptors (Lipinski definition) is 5. The third kappa shape index (κ3) is 2.72. The number of hydrogen-bond donors (Lipinski definition) is 2. The lowest BCUT2D eigenvalue weighted by atomic mass is 9.80. The maximum atomic E-state index is 9.90. The molecule has 1 saturated carbocycles. The summed E-state index contributed by atoms with van der Waals surface area (Å²) in [6, 6.07) is 0. The second kappa shape index (κ2) is 4.69. The molecule has 0 aliphatic heterocycles. The fraction of sp³-hybridized carbons (Fsp3) is 0.727. The first-order valence-electron chi connectivity index (χ1n) is 5.64. The van der Waals surface area contributed by atoms with Crippen LogP contribution in [0.4, 0.5) is 5.13 Å². The van der Waals surface area contributed by atoms with Gasteiger partial charge < -0.3 is 15.3 Å². The number of rotatable bonds is 5. The molecule has 4 nitrogen and oxygen atoms in total. The summed E-state index contributed by atoms with van der Waals surface area (Å²) in [5, 5.41) is 14.2. The highest BCUT2D eigenvalue weighted by Crippen LogP contribution is 2.30. The average molecular weight is 241 g/mol. The van der Waals surface area contributed by atoms with Crippen molar-refractivity contribution in [1.29, 1.82) is 0 Å². The number of aliphatic hydroxyl groups is 1. The molecule has 1 aliphatic carbocycles. The Morgan fingerprint density at radius 1 is 1.56 bits per heavy atom. The Hall–Kier alpha value is -0.650. The Labute approximate surface area is 100 Å². The molecule has 1 aromatic rings. The minimum Gasteiger partial charge on any atom is -0.389 e. The minimum atomic E-state index is -0.435. The van der Waals surface area contributed by atoms with Gasteiger partial charge in [-0.2, -0.15) is 0 Å². The highest BCUT2D eigenvalue weighted by molar-refractivity contribution is 7.15. The summed E-state index contributed by atoms with van der Waals surface area (Å²) in [5.74, 6) is 0. The maximum Gasteiger partial charge on any atom is 0.185 e. The van der Waals surface area contributed by atoms with E-state index in [1.807, 2.05) is 25.2 Å². The Bertz CT molecular complexity index is 347. The van der Waals surface area contributed by atoms with Gasteiger partial charge in [-0.1, -0.05) is 0 Å². The van der Waals surface area contributed by atoms with Gasteiger partial charge in [-0.3, -0.25) is 0 Å². The third-order valence-corrected chi connectivity index (χ3v) is 4.13. The van der Waals surface area contributed by atoms with Gasteiger partial charge in [0.15, 0.2) is 5.13 Å². The van der Waals surface area contributed by atoms with Crippen molar-refractivity contribution in [3.05, 3.63) is 11.1 Å². The topological polar surface area (TPSA) is 48.4 Å². The molecule has 1 heterocycles. The SMILES string of the molecule is CN(C)c1ncc(CNCC2(O)CCC2)s1. The zero-order chi connectivity index (χ0) is 11.6. The van der Waals surface area contributed by atoms with Gasteiger partial charge in [-0.15, -0.1) is 11.3 Å². The van der Waals surface area contributed by atoms with Crippen molar-refractivity contribution in [2.75, 3.05) is 25.5 Å². The van der Waals surface area contributed by atoms with E-state index in [1.54, 1.807) is 11.3 Å². The van der Waals surface area contributed by atoms with Crippen LogP contribution >= 0.6 is 11.3 Å². The van der Waals surface area contributed by atoms with Crippen LogP contribution in [-0.4, -0.2) is 36.3 Å². The molecule has 0 saturated heterocycles. The van der Waals surface area contributed by atoms with Crippen molar-refractivity contribution in [2.45, 2.75) is 31.4 Å². The monoisotopic (exact) mass is 241 g/mol. The number of aromatic nitrogens is 1. The molecule has 0 radical (unpaired) electrons. The zero-order valence-corrected chi connectivity index (χ0v) is 10.7. The lowest BCUT2D eigenvalue weighted by molar-refractivity contribution is -0.0314. The number of nitrogens with zero attached hydrogens (tertiary/aromatic N) is 2. The van der Waals surface area contributed by atoms with Gasteiger partial charge in [0, 0.05) is 38.3 Å².